The van der Waals surface area contributed by atoms with E-state index in [9.17, 15) is 27.3 Å². The molecular formula is C13H9F2NO4S. The van der Waals surface area contributed by atoms with Gasteiger partial charge in [-0.3, -0.25) is 10.1 Å². The molecule has 8 heteroatoms. The molecule has 0 atom stereocenters. The summed E-state index contributed by atoms with van der Waals surface area (Å²) in [6.07, 6.45) is 0. The first-order valence-electron chi connectivity index (χ1n) is 5.68. The average Bonchev–Trinajstić information content (AvgIpc) is 2.41. The van der Waals surface area contributed by atoms with Crippen molar-refractivity contribution >= 4 is 15.5 Å². The highest BCUT2D eigenvalue weighted by molar-refractivity contribution is 7.91. The molecule has 0 fully saturated rings. The topological polar surface area (TPSA) is 77.3 Å². The molecule has 21 heavy (non-hydrogen) atoms. The zero-order valence-corrected chi connectivity index (χ0v) is 11.5. The molecule has 0 radical (unpaired) electrons. The molecule has 2 rings (SSSR count). The number of nitro groups is 1. The van der Waals surface area contributed by atoms with Crippen LogP contribution in [0.1, 0.15) is 5.56 Å². The van der Waals surface area contributed by atoms with Gasteiger partial charge >= 0.3 is 5.69 Å². The highest BCUT2D eigenvalue weighted by atomic mass is 32.2. The van der Waals surface area contributed by atoms with Crippen molar-refractivity contribution in [2.24, 2.45) is 0 Å². The van der Waals surface area contributed by atoms with E-state index in [1.165, 1.54) is 6.92 Å². The molecule has 0 heterocycles. The molecule has 2 aromatic rings. The summed E-state index contributed by atoms with van der Waals surface area (Å²) in [6.45, 7) is 1.39. The van der Waals surface area contributed by atoms with Crippen molar-refractivity contribution in [3.8, 4) is 0 Å². The molecule has 0 unspecified atom stereocenters. The Bertz CT molecular complexity index is 834. The van der Waals surface area contributed by atoms with Gasteiger partial charge in [0.05, 0.1) is 14.7 Å². The normalized spacial score (nSPS) is 11.4. The van der Waals surface area contributed by atoms with Crippen molar-refractivity contribution < 1.29 is 22.1 Å². The van der Waals surface area contributed by atoms with Gasteiger partial charge in [0.25, 0.3) is 0 Å². The van der Waals surface area contributed by atoms with Crippen LogP contribution >= 0.6 is 0 Å². The Hall–Kier alpha value is -2.35. The van der Waals surface area contributed by atoms with E-state index in [-0.39, 0.29) is 10.5 Å². The first-order chi connectivity index (χ1) is 9.73. The molecule has 0 aromatic heterocycles. The van der Waals surface area contributed by atoms with Gasteiger partial charge in [0, 0.05) is 6.07 Å². The summed E-state index contributed by atoms with van der Waals surface area (Å²) in [5.74, 6) is -1.70. The predicted octanol–water partition coefficient (Wildman–Crippen LogP) is 3.01. The lowest BCUT2D eigenvalue weighted by Crippen LogP contribution is -2.04. The third-order valence-electron chi connectivity index (χ3n) is 2.86. The Balaban J connectivity index is 2.61. The lowest BCUT2D eigenvalue weighted by molar-refractivity contribution is -0.387. The van der Waals surface area contributed by atoms with Crippen molar-refractivity contribution in [3.05, 3.63) is 63.7 Å². The highest BCUT2D eigenvalue weighted by Gasteiger charge is 2.23. The minimum Gasteiger partial charge on any atom is -0.258 e. The molecule has 0 aliphatic rings. The van der Waals surface area contributed by atoms with Gasteiger partial charge in [-0.2, -0.15) is 4.39 Å². The van der Waals surface area contributed by atoms with Gasteiger partial charge in [-0.25, -0.2) is 12.8 Å². The number of nitro benzene ring substituents is 1. The van der Waals surface area contributed by atoms with Crippen LogP contribution in [0.3, 0.4) is 0 Å². The summed E-state index contributed by atoms with van der Waals surface area (Å²) in [4.78, 5) is 9.00. The summed E-state index contributed by atoms with van der Waals surface area (Å²) in [5.41, 5.74) is -0.817. The summed E-state index contributed by atoms with van der Waals surface area (Å²) < 4.78 is 51.1. The molecule has 0 saturated heterocycles. The predicted molar refractivity (Wildman–Crippen MR) is 69.6 cm³/mol. The van der Waals surface area contributed by atoms with Crippen LogP contribution in [-0.4, -0.2) is 13.3 Å². The summed E-state index contributed by atoms with van der Waals surface area (Å²) in [6, 6.07) is 5.42. The molecule has 5 nitrogen and oxygen atoms in total. The Kier molecular flexibility index (Phi) is 3.73. The van der Waals surface area contributed by atoms with Gasteiger partial charge in [-0.05, 0) is 42.8 Å². The minimum atomic E-state index is -4.09. The van der Waals surface area contributed by atoms with Crippen LogP contribution in [0.5, 0.6) is 0 Å². The smallest absolute Gasteiger partial charge is 0.258 e. The van der Waals surface area contributed by atoms with Crippen molar-refractivity contribution in [2.75, 3.05) is 0 Å². The van der Waals surface area contributed by atoms with Crippen molar-refractivity contribution in [3.63, 3.8) is 0 Å². The van der Waals surface area contributed by atoms with E-state index in [1.54, 1.807) is 0 Å². The Morgan fingerprint density at radius 3 is 2.05 bits per heavy atom. The van der Waals surface area contributed by atoms with Gasteiger partial charge in [-0.15, -0.1) is 0 Å². The van der Waals surface area contributed by atoms with Crippen molar-refractivity contribution in [1.82, 2.24) is 0 Å². The standard InChI is InChI=1S/C13H9F2NO4S/c1-8-6-9(2-4-11(8)14)21(19,20)10-3-5-12(15)13(7-10)16(17)18/h2-7H,1H3. The second-order valence-electron chi connectivity index (χ2n) is 4.28. The van der Waals surface area contributed by atoms with Crippen LogP contribution in [0.25, 0.3) is 0 Å². The lowest BCUT2D eigenvalue weighted by Gasteiger charge is -2.06. The van der Waals surface area contributed by atoms with E-state index in [0.717, 1.165) is 24.3 Å². The molecule has 0 aliphatic carbocycles. The van der Waals surface area contributed by atoms with Crippen molar-refractivity contribution in [2.45, 2.75) is 16.7 Å². The average molecular weight is 313 g/mol. The van der Waals surface area contributed by atoms with E-state index >= 15 is 0 Å². The van der Waals surface area contributed by atoms with Gasteiger partial charge in [-0.1, -0.05) is 0 Å². The fraction of sp³-hybridized carbons (Fsp3) is 0.0769. The Labute approximate surface area is 118 Å². The first-order valence-corrected chi connectivity index (χ1v) is 7.17. The number of sulfone groups is 1. The second-order valence-corrected chi connectivity index (χ2v) is 6.23. The molecule has 2 aromatic carbocycles. The van der Waals surface area contributed by atoms with Crippen LogP contribution in [0.4, 0.5) is 14.5 Å². The maximum absolute atomic E-state index is 13.2. The van der Waals surface area contributed by atoms with E-state index in [2.05, 4.69) is 0 Å². The van der Waals surface area contributed by atoms with Crippen LogP contribution in [0.15, 0.2) is 46.2 Å². The third-order valence-corrected chi connectivity index (χ3v) is 4.61. The first kappa shape index (κ1) is 15.0. The number of benzene rings is 2. The van der Waals surface area contributed by atoms with Crippen LogP contribution in [-0.2, 0) is 9.84 Å². The Morgan fingerprint density at radius 1 is 1.00 bits per heavy atom. The van der Waals surface area contributed by atoms with Gasteiger partial charge in [0.15, 0.2) is 0 Å². The van der Waals surface area contributed by atoms with E-state index in [4.69, 9.17) is 0 Å². The molecule has 0 bridgehead atoms. The third kappa shape index (κ3) is 2.75. The quantitative estimate of drug-likeness (QED) is 0.496. The summed E-state index contributed by atoms with van der Waals surface area (Å²) in [7, 11) is -4.09. The number of rotatable bonds is 3. The SMILES string of the molecule is Cc1cc(S(=O)(=O)c2ccc(F)c([N+](=O)[O-])c2)ccc1F. The summed E-state index contributed by atoms with van der Waals surface area (Å²) >= 11 is 0. The van der Waals surface area contributed by atoms with Crippen LogP contribution in [0.2, 0.25) is 0 Å². The molecule has 0 amide bonds. The molecule has 110 valence electrons. The summed E-state index contributed by atoms with van der Waals surface area (Å²) in [5, 5.41) is 10.7. The van der Waals surface area contributed by atoms with Gasteiger partial charge in [0.2, 0.25) is 15.7 Å². The number of aryl methyl sites for hydroxylation is 1. The molecule has 0 N–H and O–H groups in total. The number of hydrogen-bond donors (Lipinski definition) is 0. The van der Waals surface area contributed by atoms with E-state index < -0.39 is 37.0 Å². The van der Waals surface area contributed by atoms with E-state index in [0.29, 0.717) is 12.1 Å². The lowest BCUT2D eigenvalue weighted by atomic mass is 10.2. The maximum Gasteiger partial charge on any atom is 0.306 e. The monoisotopic (exact) mass is 313 g/mol. The van der Waals surface area contributed by atoms with Crippen LogP contribution in [0, 0.1) is 28.7 Å². The Morgan fingerprint density at radius 2 is 1.52 bits per heavy atom. The molecule has 0 spiro atoms. The van der Waals surface area contributed by atoms with Crippen LogP contribution < -0.4 is 0 Å². The maximum atomic E-state index is 13.2. The zero-order chi connectivity index (χ0) is 15.8. The molecule has 0 aliphatic heterocycles. The van der Waals surface area contributed by atoms with Gasteiger partial charge in [0.1, 0.15) is 5.82 Å². The number of halogens is 2. The molecular weight excluding hydrogens is 304 g/mol. The largest absolute Gasteiger partial charge is 0.306 e. The van der Waals surface area contributed by atoms with Gasteiger partial charge < -0.3 is 0 Å². The fourth-order valence-electron chi connectivity index (χ4n) is 1.72. The van der Waals surface area contributed by atoms with Crippen molar-refractivity contribution in [1.29, 1.82) is 0 Å². The number of nitrogens with zero attached hydrogens (tertiary/aromatic N) is 1. The fourth-order valence-corrected chi connectivity index (χ4v) is 3.09. The zero-order valence-electron chi connectivity index (χ0n) is 10.7. The minimum absolute atomic E-state index is 0.118. The highest BCUT2D eigenvalue weighted by Crippen LogP contribution is 2.27. The van der Waals surface area contributed by atoms with E-state index in [1.807, 2.05) is 0 Å². The molecule has 0 saturated carbocycles. The number of hydrogen-bond acceptors (Lipinski definition) is 4. The second kappa shape index (κ2) is 5.21.